The molecule has 0 aliphatic rings. The van der Waals surface area contributed by atoms with Crippen LogP contribution in [0.5, 0.6) is 0 Å². The lowest BCUT2D eigenvalue weighted by atomic mass is 10.1. The van der Waals surface area contributed by atoms with Crippen molar-refractivity contribution >= 4 is 11.6 Å². The van der Waals surface area contributed by atoms with Crippen LogP contribution in [0.4, 0.5) is 5.69 Å². The number of hydrogen-bond acceptors (Lipinski definition) is 4. The number of nitrogens with one attached hydrogen (secondary N) is 1. The van der Waals surface area contributed by atoms with E-state index in [4.69, 9.17) is 4.52 Å². The molecule has 0 unspecified atom stereocenters. The zero-order chi connectivity index (χ0) is 15.4. The summed E-state index contributed by atoms with van der Waals surface area (Å²) in [5, 5.41) is 10.7. The third-order valence-corrected chi connectivity index (χ3v) is 3.35. The van der Waals surface area contributed by atoms with E-state index >= 15 is 0 Å². The first kappa shape index (κ1) is 14.1. The minimum Gasteiger partial charge on any atom is -0.356 e. The summed E-state index contributed by atoms with van der Waals surface area (Å²) in [6.45, 7) is 1.96. The van der Waals surface area contributed by atoms with E-state index in [9.17, 15) is 4.79 Å². The van der Waals surface area contributed by atoms with E-state index in [2.05, 4.69) is 15.6 Å². The van der Waals surface area contributed by atoms with Gasteiger partial charge in [-0.1, -0.05) is 5.16 Å². The smallest absolute Gasteiger partial charge is 0.226 e. The van der Waals surface area contributed by atoms with E-state index < -0.39 is 0 Å². The monoisotopic (exact) mass is 296 g/mol. The molecule has 6 nitrogen and oxygen atoms in total. The van der Waals surface area contributed by atoms with Crippen molar-refractivity contribution < 1.29 is 9.32 Å². The number of nitrogens with zero attached hydrogens (tertiary/aromatic N) is 3. The van der Waals surface area contributed by atoms with Crippen LogP contribution >= 0.6 is 0 Å². The number of rotatable bonds is 5. The molecule has 2 aromatic heterocycles. The fourth-order valence-corrected chi connectivity index (χ4v) is 2.20. The number of aromatic nitrogens is 3. The molecule has 0 saturated heterocycles. The molecule has 112 valence electrons. The average Bonchev–Trinajstić information content (AvgIpc) is 3.21. The van der Waals surface area contributed by atoms with Gasteiger partial charge in [0.15, 0.2) is 5.76 Å². The molecule has 0 bridgehead atoms. The van der Waals surface area contributed by atoms with Crippen molar-refractivity contribution in [1.82, 2.24) is 14.9 Å². The highest BCUT2D eigenvalue weighted by molar-refractivity contribution is 5.91. The van der Waals surface area contributed by atoms with Crippen molar-refractivity contribution in [3.63, 3.8) is 0 Å². The van der Waals surface area contributed by atoms with Crippen LogP contribution in [0.3, 0.4) is 0 Å². The maximum Gasteiger partial charge on any atom is 0.226 e. The maximum absolute atomic E-state index is 12.1. The van der Waals surface area contributed by atoms with Gasteiger partial charge in [-0.25, -0.2) is 0 Å². The predicted molar refractivity (Wildman–Crippen MR) is 82.1 cm³/mol. The van der Waals surface area contributed by atoms with Crippen molar-refractivity contribution in [2.45, 2.75) is 19.4 Å². The van der Waals surface area contributed by atoms with Gasteiger partial charge >= 0.3 is 0 Å². The SMILES string of the molecule is C[C@H](CC(=O)Nc1ccc(-c2ccno2)cc1)n1cccn1. The summed E-state index contributed by atoms with van der Waals surface area (Å²) in [6, 6.07) is 11.1. The van der Waals surface area contributed by atoms with E-state index in [-0.39, 0.29) is 11.9 Å². The average molecular weight is 296 g/mol. The predicted octanol–water partition coefficient (Wildman–Crippen LogP) is 3.13. The molecule has 6 heteroatoms. The Morgan fingerprint density at radius 2 is 2.09 bits per heavy atom. The topological polar surface area (TPSA) is 73.0 Å². The normalized spacial score (nSPS) is 12.0. The molecule has 2 heterocycles. The Balaban J connectivity index is 1.60. The van der Waals surface area contributed by atoms with Gasteiger partial charge in [0.1, 0.15) is 0 Å². The second kappa shape index (κ2) is 6.26. The summed E-state index contributed by atoms with van der Waals surface area (Å²) in [7, 11) is 0. The second-order valence-corrected chi connectivity index (χ2v) is 5.04. The van der Waals surface area contributed by atoms with Crippen LogP contribution in [0.15, 0.2) is 59.5 Å². The molecule has 1 N–H and O–H groups in total. The van der Waals surface area contributed by atoms with Gasteiger partial charge in [0, 0.05) is 36.1 Å². The molecule has 3 aromatic rings. The summed E-state index contributed by atoms with van der Waals surface area (Å²) in [5.74, 6) is 0.653. The molecule has 1 amide bonds. The van der Waals surface area contributed by atoms with E-state index in [1.807, 2.05) is 43.5 Å². The Kier molecular flexibility index (Phi) is 4.00. The first-order valence-corrected chi connectivity index (χ1v) is 7.02. The minimum absolute atomic E-state index is 0.0171. The highest BCUT2D eigenvalue weighted by atomic mass is 16.5. The lowest BCUT2D eigenvalue weighted by Crippen LogP contribution is -2.17. The van der Waals surface area contributed by atoms with Gasteiger partial charge in [0.05, 0.1) is 12.2 Å². The number of anilines is 1. The standard InChI is InChI=1S/C16H16N4O2/c1-12(20-10-2-8-17-20)11-16(21)19-14-5-3-13(4-6-14)15-7-9-18-22-15/h2-10,12H,11H2,1H3,(H,19,21)/t12-/m1/s1. The molecule has 22 heavy (non-hydrogen) atoms. The van der Waals surface area contributed by atoms with E-state index in [0.29, 0.717) is 12.2 Å². The molecule has 3 rings (SSSR count). The summed E-state index contributed by atoms with van der Waals surface area (Å²) in [5.41, 5.74) is 1.67. The van der Waals surface area contributed by atoms with E-state index in [1.54, 1.807) is 23.1 Å². The molecular formula is C16H16N4O2. The molecular weight excluding hydrogens is 280 g/mol. The van der Waals surface area contributed by atoms with E-state index in [1.165, 1.54) is 0 Å². The van der Waals surface area contributed by atoms with Crippen LogP contribution in [0, 0.1) is 0 Å². The molecule has 1 aromatic carbocycles. The fourth-order valence-electron chi connectivity index (χ4n) is 2.20. The van der Waals surface area contributed by atoms with Crippen molar-refractivity contribution in [3.8, 4) is 11.3 Å². The quantitative estimate of drug-likeness (QED) is 0.785. The van der Waals surface area contributed by atoms with Crippen LogP contribution in [0.2, 0.25) is 0 Å². The number of hydrogen-bond donors (Lipinski definition) is 1. The number of benzene rings is 1. The number of carbonyl (C=O) groups is 1. The van der Waals surface area contributed by atoms with Crippen molar-refractivity contribution in [3.05, 3.63) is 55.0 Å². The molecule has 0 saturated carbocycles. The molecule has 0 radical (unpaired) electrons. The summed E-state index contributed by atoms with van der Waals surface area (Å²) in [4.78, 5) is 12.1. The highest BCUT2D eigenvalue weighted by Gasteiger charge is 2.11. The Hall–Kier alpha value is -2.89. The van der Waals surface area contributed by atoms with Crippen molar-refractivity contribution in [2.75, 3.05) is 5.32 Å². The largest absolute Gasteiger partial charge is 0.356 e. The first-order chi connectivity index (χ1) is 10.7. The maximum atomic E-state index is 12.1. The summed E-state index contributed by atoms with van der Waals surface area (Å²) >= 11 is 0. The van der Waals surface area contributed by atoms with Gasteiger partial charge in [-0.05, 0) is 37.3 Å². The van der Waals surface area contributed by atoms with Crippen LogP contribution in [-0.2, 0) is 4.79 Å². The number of amides is 1. The Bertz CT molecular complexity index is 718. The highest BCUT2D eigenvalue weighted by Crippen LogP contribution is 2.21. The first-order valence-electron chi connectivity index (χ1n) is 7.02. The summed E-state index contributed by atoms with van der Waals surface area (Å²) in [6.07, 6.45) is 5.52. The van der Waals surface area contributed by atoms with Crippen LogP contribution < -0.4 is 5.32 Å². The Labute approximate surface area is 127 Å². The summed E-state index contributed by atoms with van der Waals surface area (Å²) < 4.78 is 6.86. The van der Waals surface area contributed by atoms with Gasteiger partial charge in [-0.3, -0.25) is 9.48 Å². The van der Waals surface area contributed by atoms with Gasteiger partial charge in [-0.2, -0.15) is 5.10 Å². The molecule has 0 spiro atoms. The lowest BCUT2D eigenvalue weighted by molar-refractivity contribution is -0.116. The van der Waals surface area contributed by atoms with Gasteiger partial charge < -0.3 is 9.84 Å². The molecule has 0 fully saturated rings. The Morgan fingerprint density at radius 1 is 1.27 bits per heavy atom. The van der Waals surface area contributed by atoms with Gasteiger partial charge in [-0.15, -0.1) is 0 Å². The third kappa shape index (κ3) is 3.22. The molecule has 0 aliphatic carbocycles. The molecule has 0 aliphatic heterocycles. The van der Waals surface area contributed by atoms with Crippen molar-refractivity contribution in [1.29, 1.82) is 0 Å². The van der Waals surface area contributed by atoms with Gasteiger partial charge in [0.2, 0.25) is 5.91 Å². The second-order valence-electron chi connectivity index (χ2n) is 5.04. The Morgan fingerprint density at radius 3 is 2.73 bits per heavy atom. The third-order valence-electron chi connectivity index (χ3n) is 3.35. The zero-order valence-electron chi connectivity index (χ0n) is 12.1. The van der Waals surface area contributed by atoms with E-state index in [0.717, 1.165) is 11.3 Å². The van der Waals surface area contributed by atoms with Gasteiger partial charge in [0.25, 0.3) is 0 Å². The van der Waals surface area contributed by atoms with Crippen LogP contribution in [-0.4, -0.2) is 20.8 Å². The number of carbonyl (C=O) groups excluding carboxylic acids is 1. The minimum atomic E-state index is -0.0459. The molecule has 1 atom stereocenters. The lowest BCUT2D eigenvalue weighted by Gasteiger charge is -2.12. The van der Waals surface area contributed by atoms with Crippen molar-refractivity contribution in [2.24, 2.45) is 0 Å². The van der Waals surface area contributed by atoms with Crippen LogP contribution in [0.25, 0.3) is 11.3 Å². The fraction of sp³-hybridized carbons (Fsp3) is 0.188. The van der Waals surface area contributed by atoms with Crippen LogP contribution in [0.1, 0.15) is 19.4 Å². The zero-order valence-corrected chi connectivity index (χ0v) is 12.1.